The molecule has 2 aromatic rings. The van der Waals surface area contributed by atoms with Gasteiger partial charge in [-0.15, -0.1) is 23.7 Å². The number of hydrogen-bond donors (Lipinski definition) is 2. The van der Waals surface area contributed by atoms with Gasteiger partial charge in [-0.25, -0.2) is 0 Å². The standard InChI is InChI=1S/C15H18N2OS.ClH/c1-9-7-14(11(3)19-9)10(2)17-15(18)12-5-4-6-13(16)8-12;/h4-8,10H,16H2,1-3H3,(H,17,18);1H. The first-order valence-electron chi connectivity index (χ1n) is 6.20. The summed E-state index contributed by atoms with van der Waals surface area (Å²) in [6.07, 6.45) is 0. The van der Waals surface area contributed by atoms with Crippen molar-refractivity contribution < 1.29 is 4.79 Å². The molecule has 0 saturated carbocycles. The zero-order chi connectivity index (χ0) is 14.0. The van der Waals surface area contributed by atoms with Crippen molar-refractivity contribution in [3.8, 4) is 0 Å². The van der Waals surface area contributed by atoms with Crippen molar-refractivity contribution >= 4 is 35.3 Å². The SMILES string of the molecule is Cc1cc(C(C)NC(=O)c2cccc(N)c2)c(C)s1.Cl. The molecule has 5 heteroatoms. The Morgan fingerprint density at radius 1 is 1.30 bits per heavy atom. The predicted octanol–water partition coefficient (Wildman–Crippen LogP) is 3.86. The van der Waals surface area contributed by atoms with Gasteiger partial charge in [-0.3, -0.25) is 4.79 Å². The summed E-state index contributed by atoms with van der Waals surface area (Å²) in [5.41, 5.74) is 8.06. The number of halogens is 1. The van der Waals surface area contributed by atoms with Crippen LogP contribution in [0.25, 0.3) is 0 Å². The van der Waals surface area contributed by atoms with Gasteiger partial charge in [0.2, 0.25) is 0 Å². The van der Waals surface area contributed by atoms with E-state index in [9.17, 15) is 4.79 Å². The lowest BCUT2D eigenvalue weighted by Crippen LogP contribution is -2.26. The molecule has 0 aliphatic heterocycles. The Morgan fingerprint density at radius 2 is 2.00 bits per heavy atom. The van der Waals surface area contributed by atoms with E-state index < -0.39 is 0 Å². The summed E-state index contributed by atoms with van der Waals surface area (Å²) in [6, 6.07) is 9.14. The van der Waals surface area contributed by atoms with Crippen LogP contribution in [0.2, 0.25) is 0 Å². The highest BCUT2D eigenvalue weighted by atomic mass is 35.5. The molecule has 3 N–H and O–H groups in total. The molecule has 1 heterocycles. The van der Waals surface area contributed by atoms with E-state index in [0.717, 1.165) is 0 Å². The molecule has 3 nitrogen and oxygen atoms in total. The number of nitrogens with one attached hydrogen (secondary N) is 1. The topological polar surface area (TPSA) is 55.1 Å². The maximum Gasteiger partial charge on any atom is 0.251 e. The fourth-order valence-electron chi connectivity index (χ4n) is 2.12. The van der Waals surface area contributed by atoms with Crippen LogP contribution in [0.4, 0.5) is 5.69 Å². The van der Waals surface area contributed by atoms with Crippen LogP contribution in [0.5, 0.6) is 0 Å². The second kappa shape index (κ2) is 6.77. The van der Waals surface area contributed by atoms with Crippen molar-refractivity contribution in [2.45, 2.75) is 26.8 Å². The Kier molecular flexibility index (Phi) is 5.60. The summed E-state index contributed by atoms with van der Waals surface area (Å²) in [5, 5.41) is 3.01. The zero-order valence-electron chi connectivity index (χ0n) is 11.8. The average Bonchev–Trinajstić information content (AvgIpc) is 2.68. The van der Waals surface area contributed by atoms with Gasteiger partial charge in [-0.1, -0.05) is 6.07 Å². The molecule has 1 aromatic carbocycles. The third-order valence-electron chi connectivity index (χ3n) is 3.04. The van der Waals surface area contributed by atoms with E-state index in [-0.39, 0.29) is 24.4 Å². The number of carbonyl (C=O) groups excluding carboxylic acids is 1. The molecule has 1 unspecified atom stereocenters. The molecule has 0 spiro atoms. The van der Waals surface area contributed by atoms with E-state index >= 15 is 0 Å². The summed E-state index contributed by atoms with van der Waals surface area (Å²) in [4.78, 5) is 14.6. The number of hydrogen-bond acceptors (Lipinski definition) is 3. The van der Waals surface area contributed by atoms with Gasteiger partial charge in [0, 0.05) is 21.0 Å². The Morgan fingerprint density at radius 3 is 2.55 bits per heavy atom. The minimum absolute atomic E-state index is 0. The van der Waals surface area contributed by atoms with Crippen molar-refractivity contribution in [2.24, 2.45) is 0 Å². The van der Waals surface area contributed by atoms with Crippen LogP contribution in [-0.2, 0) is 0 Å². The summed E-state index contributed by atoms with van der Waals surface area (Å²) in [7, 11) is 0. The van der Waals surface area contributed by atoms with Gasteiger partial charge in [0.15, 0.2) is 0 Å². The van der Waals surface area contributed by atoms with Gasteiger partial charge >= 0.3 is 0 Å². The van der Waals surface area contributed by atoms with Crippen LogP contribution in [-0.4, -0.2) is 5.91 Å². The minimum atomic E-state index is -0.0944. The van der Waals surface area contributed by atoms with Gasteiger partial charge in [0.25, 0.3) is 5.91 Å². The largest absolute Gasteiger partial charge is 0.399 e. The van der Waals surface area contributed by atoms with Gasteiger partial charge in [0.1, 0.15) is 0 Å². The lowest BCUT2D eigenvalue weighted by atomic mass is 10.1. The predicted molar refractivity (Wildman–Crippen MR) is 87.8 cm³/mol. The molecule has 0 fully saturated rings. The van der Waals surface area contributed by atoms with Crippen LogP contribution in [0.15, 0.2) is 30.3 Å². The normalized spacial score (nSPS) is 11.6. The number of anilines is 1. The molecule has 108 valence electrons. The summed E-state index contributed by atoms with van der Waals surface area (Å²) in [5.74, 6) is -0.0944. The highest BCUT2D eigenvalue weighted by molar-refractivity contribution is 7.12. The molecule has 0 aliphatic carbocycles. The molecule has 1 aromatic heterocycles. The van der Waals surface area contributed by atoms with E-state index in [4.69, 9.17) is 5.73 Å². The molecule has 0 bridgehead atoms. The van der Waals surface area contributed by atoms with Crippen molar-refractivity contribution in [2.75, 3.05) is 5.73 Å². The summed E-state index contributed by atoms with van der Waals surface area (Å²) < 4.78 is 0. The first kappa shape index (κ1) is 16.5. The zero-order valence-corrected chi connectivity index (χ0v) is 13.4. The number of carbonyl (C=O) groups is 1. The molecule has 1 amide bonds. The fraction of sp³-hybridized carbons (Fsp3) is 0.267. The van der Waals surface area contributed by atoms with Crippen molar-refractivity contribution in [3.05, 3.63) is 51.2 Å². The van der Waals surface area contributed by atoms with E-state index in [1.54, 1.807) is 35.6 Å². The van der Waals surface area contributed by atoms with Crippen LogP contribution in [0.1, 0.15) is 38.6 Å². The number of benzene rings is 1. The quantitative estimate of drug-likeness (QED) is 0.846. The number of nitrogens with two attached hydrogens (primary N) is 1. The van der Waals surface area contributed by atoms with Crippen LogP contribution >= 0.6 is 23.7 Å². The molecule has 1 atom stereocenters. The molecule has 20 heavy (non-hydrogen) atoms. The van der Waals surface area contributed by atoms with Crippen molar-refractivity contribution in [3.63, 3.8) is 0 Å². The second-order valence-electron chi connectivity index (χ2n) is 4.69. The Hall–Kier alpha value is -1.52. The van der Waals surface area contributed by atoms with Gasteiger partial charge in [-0.05, 0) is 50.6 Å². The Bertz CT molecular complexity index is 610. The average molecular weight is 311 g/mol. The smallest absolute Gasteiger partial charge is 0.251 e. The van der Waals surface area contributed by atoms with Gasteiger partial charge < -0.3 is 11.1 Å². The molecule has 2 rings (SSSR count). The first-order valence-corrected chi connectivity index (χ1v) is 7.02. The van der Waals surface area contributed by atoms with Crippen LogP contribution < -0.4 is 11.1 Å². The maximum absolute atomic E-state index is 12.1. The number of nitrogen functional groups attached to an aromatic ring is 1. The van der Waals surface area contributed by atoms with Crippen LogP contribution in [0, 0.1) is 13.8 Å². The van der Waals surface area contributed by atoms with E-state index in [0.29, 0.717) is 11.3 Å². The van der Waals surface area contributed by atoms with E-state index in [1.807, 2.05) is 6.92 Å². The molecule has 0 saturated heterocycles. The van der Waals surface area contributed by atoms with E-state index in [1.165, 1.54) is 15.3 Å². The van der Waals surface area contributed by atoms with Gasteiger partial charge in [-0.2, -0.15) is 0 Å². The number of rotatable bonds is 3. The number of amides is 1. The van der Waals surface area contributed by atoms with Crippen LogP contribution in [0.3, 0.4) is 0 Å². The molecule has 0 aliphatic rings. The Balaban J connectivity index is 0.00000200. The minimum Gasteiger partial charge on any atom is -0.399 e. The van der Waals surface area contributed by atoms with Crippen molar-refractivity contribution in [1.82, 2.24) is 5.32 Å². The number of thiophene rings is 1. The summed E-state index contributed by atoms with van der Waals surface area (Å²) >= 11 is 1.75. The molecule has 0 radical (unpaired) electrons. The van der Waals surface area contributed by atoms with Crippen molar-refractivity contribution in [1.29, 1.82) is 0 Å². The fourth-order valence-corrected chi connectivity index (χ4v) is 3.14. The highest BCUT2D eigenvalue weighted by Gasteiger charge is 2.14. The third kappa shape index (κ3) is 3.74. The first-order chi connectivity index (χ1) is 8.97. The maximum atomic E-state index is 12.1. The molecular weight excluding hydrogens is 292 g/mol. The van der Waals surface area contributed by atoms with E-state index in [2.05, 4.69) is 25.2 Å². The lowest BCUT2D eigenvalue weighted by Gasteiger charge is -2.14. The van der Waals surface area contributed by atoms with Gasteiger partial charge in [0.05, 0.1) is 6.04 Å². The third-order valence-corrected chi connectivity index (χ3v) is 4.02. The number of aryl methyl sites for hydroxylation is 2. The molecular formula is C15H19ClN2OS. The second-order valence-corrected chi connectivity index (χ2v) is 6.15. The highest BCUT2D eigenvalue weighted by Crippen LogP contribution is 2.26. The lowest BCUT2D eigenvalue weighted by molar-refractivity contribution is 0.0940. The Labute approximate surface area is 129 Å². The summed E-state index contributed by atoms with van der Waals surface area (Å²) in [6.45, 7) is 6.16. The monoisotopic (exact) mass is 310 g/mol.